The maximum atomic E-state index is 12.7. The number of methoxy groups -OCH3 is 1. The van der Waals surface area contributed by atoms with Crippen molar-refractivity contribution in [3.8, 4) is 0 Å². The van der Waals surface area contributed by atoms with Crippen molar-refractivity contribution in [1.82, 2.24) is 4.72 Å². The lowest BCUT2D eigenvalue weighted by Crippen LogP contribution is -2.35. The average Bonchev–Trinajstić information content (AvgIpc) is 3.06. The normalized spacial score (nSPS) is 17.8. The number of hydrogen-bond donors (Lipinski definition) is 2. The van der Waals surface area contributed by atoms with Gasteiger partial charge < -0.3 is 10.1 Å². The van der Waals surface area contributed by atoms with Crippen molar-refractivity contribution in [2.45, 2.75) is 24.3 Å². The van der Waals surface area contributed by atoms with Crippen molar-refractivity contribution in [2.24, 2.45) is 0 Å². The van der Waals surface area contributed by atoms with Crippen LogP contribution < -0.4 is 10.0 Å². The molecule has 2 aromatic carbocycles. The lowest BCUT2D eigenvalue weighted by molar-refractivity contribution is 0.0599. The smallest absolute Gasteiger partial charge is 0.338 e. The topological polar surface area (TPSA) is 136 Å². The molecule has 1 unspecified atom stereocenters. The Morgan fingerprint density at radius 3 is 2.48 bits per heavy atom. The molecule has 0 spiro atoms. The third kappa shape index (κ3) is 5.30. The minimum absolute atomic E-state index is 0.0629. The van der Waals surface area contributed by atoms with E-state index in [-0.39, 0.29) is 28.4 Å². The number of sulfonamides is 1. The summed E-state index contributed by atoms with van der Waals surface area (Å²) in [6.07, 6.45) is 0.206. The molecule has 0 aromatic heterocycles. The van der Waals surface area contributed by atoms with Crippen LogP contribution in [0.25, 0.3) is 0 Å². The molecule has 1 aliphatic heterocycles. The standard InChI is InChI=1S/C20H22N2O7S2/c1-13-17(20(24)29-2)7-4-8-18(13)21-19(23)14-5-3-6-16(11-14)31(27,28)22-15-9-10-30(25,26)12-15/h3-8,11,15,22H,9-10,12H2,1-2H3,(H,21,23). The predicted octanol–water partition coefficient (Wildman–Crippen LogP) is 1.50. The number of amides is 1. The SMILES string of the molecule is COC(=O)c1cccc(NC(=O)c2cccc(S(=O)(=O)NC3CCS(=O)(=O)C3)c2)c1C. The highest BCUT2D eigenvalue weighted by atomic mass is 32.2. The van der Waals surface area contributed by atoms with Crippen molar-refractivity contribution >= 4 is 37.4 Å². The van der Waals surface area contributed by atoms with Crippen LogP contribution in [0.3, 0.4) is 0 Å². The summed E-state index contributed by atoms with van der Waals surface area (Å²) in [4.78, 5) is 24.4. The number of nitrogens with one attached hydrogen (secondary N) is 2. The van der Waals surface area contributed by atoms with Gasteiger partial charge in [-0.2, -0.15) is 0 Å². The van der Waals surface area contributed by atoms with Gasteiger partial charge in [-0.25, -0.2) is 26.4 Å². The van der Waals surface area contributed by atoms with Crippen molar-refractivity contribution in [1.29, 1.82) is 0 Å². The molecule has 1 heterocycles. The number of ether oxygens (including phenoxy) is 1. The second-order valence-electron chi connectivity index (χ2n) is 7.17. The van der Waals surface area contributed by atoms with E-state index in [9.17, 15) is 26.4 Å². The Bertz CT molecular complexity index is 1240. The van der Waals surface area contributed by atoms with Gasteiger partial charge in [-0.05, 0) is 49.2 Å². The molecule has 9 nitrogen and oxygen atoms in total. The van der Waals surface area contributed by atoms with Crippen molar-refractivity contribution in [3.63, 3.8) is 0 Å². The summed E-state index contributed by atoms with van der Waals surface area (Å²) in [6, 6.07) is 9.49. The van der Waals surface area contributed by atoms with Gasteiger partial charge >= 0.3 is 5.97 Å². The maximum Gasteiger partial charge on any atom is 0.338 e. The van der Waals surface area contributed by atoms with Crippen LogP contribution in [-0.4, -0.2) is 53.4 Å². The number of benzene rings is 2. The zero-order valence-corrected chi connectivity index (χ0v) is 18.5. The Morgan fingerprint density at radius 2 is 1.84 bits per heavy atom. The molecular weight excluding hydrogens is 444 g/mol. The summed E-state index contributed by atoms with van der Waals surface area (Å²) in [7, 11) is -6.00. The van der Waals surface area contributed by atoms with Crippen LogP contribution in [0, 0.1) is 6.92 Å². The first-order valence-electron chi connectivity index (χ1n) is 9.34. The second kappa shape index (κ2) is 8.77. The summed E-state index contributed by atoms with van der Waals surface area (Å²) in [5.74, 6) is -1.42. The molecule has 2 N–H and O–H groups in total. The fourth-order valence-corrected chi connectivity index (χ4v) is 6.37. The molecule has 1 amide bonds. The first kappa shape index (κ1) is 22.9. The summed E-state index contributed by atoms with van der Waals surface area (Å²) in [5.41, 5.74) is 1.28. The van der Waals surface area contributed by atoms with E-state index in [0.29, 0.717) is 16.8 Å². The van der Waals surface area contributed by atoms with Crippen LogP contribution in [-0.2, 0) is 24.6 Å². The van der Waals surface area contributed by atoms with Crippen LogP contribution in [0.5, 0.6) is 0 Å². The summed E-state index contributed by atoms with van der Waals surface area (Å²) in [6.45, 7) is 1.66. The van der Waals surface area contributed by atoms with Crippen molar-refractivity contribution < 1.29 is 31.2 Å². The van der Waals surface area contributed by atoms with E-state index in [2.05, 4.69) is 10.0 Å². The second-order valence-corrected chi connectivity index (χ2v) is 11.1. The van der Waals surface area contributed by atoms with Crippen LogP contribution in [0.15, 0.2) is 47.4 Å². The van der Waals surface area contributed by atoms with Gasteiger partial charge in [0.15, 0.2) is 9.84 Å². The molecule has 0 bridgehead atoms. The molecular formula is C20H22N2O7S2. The first-order chi connectivity index (χ1) is 14.5. The molecule has 31 heavy (non-hydrogen) atoms. The Kier molecular flexibility index (Phi) is 6.48. The largest absolute Gasteiger partial charge is 0.465 e. The minimum Gasteiger partial charge on any atom is -0.465 e. The highest BCUT2D eigenvalue weighted by Crippen LogP contribution is 2.22. The monoisotopic (exact) mass is 466 g/mol. The molecule has 2 aromatic rings. The lowest BCUT2D eigenvalue weighted by Gasteiger charge is -2.13. The molecule has 3 rings (SSSR count). The van der Waals surface area contributed by atoms with Gasteiger partial charge in [0.1, 0.15) is 0 Å². The highest BCUT2D eigenvalue weighted by Gasteiger charge is 2.31. The Morgan fingerprint density at radius 1 is 1.13 bits per heavy atom. The average molecular weight is 467 g/mol. The zero-order chi connectivity index (χ0) is 22.8. The molecule has 1 aliphatic rings. The Balaban J connectivity index is 1.80. The van der Waals surface area contributed by atoms with Gasteiger partial charge in [-0.1, -0.05) is 12.1 Å². The van der Waals surface area contributed by atoms with E-state index in [0.717, 1.165) is 0 Å². The molecule has 0 aliphatic carbocycles. The van der Waals surface area contributed by atoms with Crippen LogP contribution in [0.2, 0.25) is 0 Å². The van der Waals surface area contributed by atoms with Crippen molar-refractivity contribution in [3.05, 3.63) is 59.2 Å². The fourth-order valence-electron chi connectivity index (χ4n) is 3.28. The van der Waals surface area contributed by atoms with E-state index in [1.54, 1.807) is 25.1 Å². The third-order valence-corrected chi connectivity index (χ3v) is 8.23. The number of rotatable bonds is 6. The number of carbonyl (C=O) groups excluding carboxylic acids is 2. The van der Waals surface area contributed by atoms with Crippen LogP contribution in [0.4, 0.5) is 5.69 Å². The number of carbonyl (C=O) groups is 2. The minimum atomic E-state index is -4.01. The molecule has 1 atom stereocenters. The van der Waals surface area contributed by atoms with E-state index in [1.807, 2.05) is 0 Å². The number of anilines is 1. The predicted molar refractivity (Wildman–Crippen MR) is 114 cm³/mol. The first-order valence-corrected chi connectivity index (χ1v) is 12.6. The maximum absolute atomic E-state index is 12.7. The molecule has 11 heteroatoms. The van der Waals surface area contributed by atoms with Crippen molar-refractivity contribution in [2.75, 3.05) is 23.9 Å². The van der Waals surface area contributed by atoms with Crippen LogP contribution in [0.1, 0.15) is 32.7 Å². The molecule has 0 radical (unpaired) electrons. The number of sulfone groups is 1. The number of hydrogen-bond acceptors (Lipinski definition) is 7. The van der Waals surface area contributed by atoms with Gasteiger partial charge in [-0.15, -0.1) is 0 Å². The summed E-state index contributed by atoms with van der Waals surface area (Å²) >= 11 is 0. The lowest BCUT2D eigenvalue weighted by atomic mass is 10.1. The van der Waals surface area contributed by atoms with E-state index < -0.39 is 37.8 Å². The molecule has 166 valence electrons. The quantitative estimate of drug-likeness (QED) is 0.616. The third-order valence-electron chi connectivity index (χ3n) is 4.95. The zero-order valence-electron chi connectivity index (χ0n) is 16.9. The van der Waals surface area contributed by atoms with Crippen LogP contribution >= 0.6 is 0 Å². The fraction of sp³-hybridized carbons (Fsp3) is 0.300. The van der Waals surface area contributed by atoms with Gasteiger partial charge in [0.05, 0.1) is 29.1 Å². The van der Waals surface area contributed by atoms with Gasteiger partial charge in [0, 0.05) is 17.3 Å². The Hall–Kier alpha value is -2.76. The highest BCUT2D eigenvalue weighted by molar-refractivity contribution is 7.92. The molecule has 0 saturated carbocycles. The number of esters is 1. The van der Waals surface area contributed by atoms with Gasteiger partial charge in [-0.3, -0.25) is 4.79 Å². The van der Waals surface area contributed by atoms with E-state index in [4.69, 9.17) is 4.74 Å². The summed E-state index contributed by atoms with van der Waals surface area (Å²) < 4.78 is 55.6. The van der Waals surface area contributed by atoms with Gasteiger partial charge in [0.2, 0.25) is 10.0 Å². The molecule has 1 saturated heterocycles. The van der Waals surface area contributed by atoms with E-state index in [1.165, 1.54) is 31.4 Å². The summed E-state index contributed by atoms with van der Waals surface area (Å²) in [5, 5.41) is 2.67. The van der Waals surface area contributed by atoms with Gasteiger partial charge in [0.25, 0.3) is 5.91 Å². The Labute approximate surface area is 180 Å². The molecule has 1 fully saturated rings. The van der Waals surface area contributed by atoms with E-state index >= 15 is 0 Å².